The second kappa shape index (κ2) is 4.48. The van der Waals surface area contributed by atoms with E-state index in [0.717, 1.165) is 41.1 Å². The van der Waals surface area contributed by atoms with Gasteiger partial charge in [-0.3, -0.25) is 0 Å². The lowest BCUT2D eigenvalue weighted by Crippen LogP contribution is -2.20. The summed E-state index contributed by atoms with van der Waals surface area (Å²) in [6, 6.07) is 8.14. The third kappa shape index (κ3) is 2.07. The SMILES string of the molecule is c1ccc2nc(NCC3CC4CCC3C4)ncc2c1. The maximum absolute atomic E-state index is 4.58. The van der Waals surface area contributed by atoms with Gasteiger partial charge in [-0.05, 0) is 43.1 Å². The van der Waals surface area contributed by atoms with Crippen molar-refractivity contribution in [3.05, 3.63) is 30.5 Å². The van der Waals surface area contributed by atoms with E-state index in [-0.39, 0.29) is 0 Å². The first-order valence-corrected chi connectivity index (χ1v) is 7.34. The Morgan fingerprint density at radius 2 is 2.11 bits per heavy atom. The van der Waals surface area contributed by atoms with E-state index in [9.17, 15) is 0 Å². The molecule has 2 aromatic rings. The van der Waals surface area contributed by atoms with E-state index in [1.165, 1.54) is 25.7 Å². The van der Waals surface area contributed by atoms with Crippen molar-refractivity contribution in [3.63, 3.8) is 0 Å². The number of hydrogen-bond acceptors (Lipinski definition) is 3. The molecule has 1 aromatic heterocycles. The average molecular weight is 253 g/mol. The second-order valence-electron chi connectivity index (χ2n) is 6.07. The molecule has 0 aliphatic heterocycles. The number of para-hydroxylation sites is 1. The van der Waals surface area contributed by atoms with Gasteiger partial charge >= 0.3 is 0 Å². The fraction of sp³-hybridized carbons (Fsp3) is 0.500. The molecular formula is C16H19N3. The van der Waals surface area contributed by atoms with Crippen LogP contribution in [0, 0.1) is 17.8 Å². The van der Waals surface area contributed by atoms with Gasteiger partial charge in [0, 0.05) is 18.1 Å². The highest BCUT2D eigenvalue weighted by molar-refractivity contribution is 5.78. The molecule has 2 aliphatic rings. The number of anilines is 1. The Morgan fingerprint density at radius 3 is 2.95 bits per heavy atom. The van der Waals surface area contributed by atoms with E-state index in [1.54, 1.807) is 0 Å². The van der Waals surface area contributed by atoms with Crippen molar-refractivity contribution >= 4 is 16.9 Å². The number of benzene rings is 1. The van der Waals surface area contributed by atoms with Crippen molar-refractivity contribution in [1.82, 2.24) is 9.97 Å². The van der Waals surface area contributed by atoms with Gasteiger partial charge in [-0.2, -0.15) is 0 Å². The number of aromatic nitrogens is 2. The molecule has 2 bridgehead atoms. The van der Waals surface area contributed by atoms with Gasteiger partial charge in [0.2, 0.25) is 5.95 Å². The van der Waals surface area contributed by atoms with Crippen LogP contribution in [0.1, 0.15) is 25.7 Å². The zero-order valence-electron chi connectivity index (χ0n) is 11.0. The van der Waals surface area contributed by atoms with Crippen LogP contribution in [0.5, 0.6) is 0 Å². The molecule has 4 rings (SSSR count). The maximum atomic E-state index is 4.58. The van der Waals surface area contributed by atoms with Crippen molar-refractivity contribution in [2.24, 2.45) is 17.8 Å². The number of nitrogens with zero attached hydrogens (tertiary/aromatic N) is 2. The molecule has 3 unspecified atom stereocenters. The van der Waals surface area contributed by atoms with Gasteiger partial charge in [0.15, 0.2) is 0 Å². The van der Waals surface area contributed by atoms with Crippen molar-refractivity contribution in [2.45, 2.75) is 25.7 Å². The fourth-order valence-corrected chi connectivity index (χ4v) is 3.91. The number of hydrogen-bond donors (Lipinski definition) is 1. The van der Waals surface area contributed by atoms with Crippen LogP contribution in [-0.4, -0.2) is 16.5 Å². The molecule has 2 aliphatic carbocycles. The minimum absolute atomic E-state index is 0.779. The molecule has 3 atom stereocenters. The largest absolute Gasteiger partial charge is 0.354 e. The van der Waals surface area contributed by atoms with Crippen LogP contribution in [0.3, 0.4) is 0 Å². The highest BCUT2D eigenvalue weighted by Gasteiger charge is 2.39. The predicted molar refractivity (Wildman–Crippen MR) is 77.0 cm³/mol. The fourth-order valence-electron chi connectivity index (χ4n) is 3.91. The van der Waals surface area contributed by atoms with Crippen molar-refractivity contribution in [1.29, 1.82) is 0 Å². The van der Waals surface area contributed by atoms with Crippen LogP contribution in [0.2, 0.25) is 0 Å². The van der Waals surface area contributed by atoms with E-state index in [4.69, 9.17) is 0 Å². The molecule has 2 fully saturated rings. The van der Waals surface area contributed by atoms with Gasteiger partial charge < -0.3 is 5.32 Å². The summed E-state index contributed by atoms with van der Waals surface area (Å²) >= 11 is 0. The molecule has 19 heavy (non-hydrogen) atoms. The van der Waals surface area contributed by atoms with Crippen LogP contribution >= 0.6 is 0 Å². The summed E-state index contributed by atoms with van der Waals surface area (Å²) in [6.07, 6.45) is 7.69. The monoisotopic (exact) mass is 253 g/mol. The summed E-state index contributed by atoms with van der Waals surface area (Å²) < 4.78 is 0. The quantitative estimate of drug-likeness (QED) is 0.910. The lowest BCUT2D eigenvalue weighted by atomic mass is 9.89. The first-order valence-electron chi connectivity index (χ1n) is 7.34. The Hall–Kier alpha value is -1.64. The molecule has 1 N–H and O–H groups in total. The van der Waals surface area contributed by atoms with Crippen LogP contribution < -0.4 is 5.32 Å². The molecule has 0 spiro atoms. The highest BCUT2D eigenvalue weighted by atomic mass is 15.1. The summed E-state index contributed by atoms with van der Waals surface area (Å²) in [5.41, 5.74) is 1.02. The van der Waals surface area contributed by atoms with E-state index >= 15 is 0 Å². The van der Waals surface area contributed by atoms with Crippen LogP contribution in [0.25, 0.3) is 10.9 Å². The number of nitrogens with one attached hydrogen (secondary N) is 1. The van der Waals surface area contributed by atoms with Crippen molar-refractivity contribution in [3.8, 4) is 0 Å². The lowest BCUT2D eigenvalue weighted by molar-refractivity contribution is 0.348. The molecule has 1 aromatic carbocycles. The average Bonchev–Trinajstić information content (AvgIpc) is 3.07. The zero-order chi connectivity index (χ0) is 12.7. The summed E-state index contributed by atoms with van der Waals surface area (Å²) in [4.78, 5) is 8.98. The summed E-state index contributed by atoms with van der Waals surface area (Å²) in [5.74, 6) is 3.59. The molecule has 1 heterocycles. The topological polar surface area (TPSA) is 37.8 Å². The molecule has 2 saturated carbocycles. The zero-order valence-corrected chi connectivity index (χ0v) is 11.0. The van der Waals surface area contributed by atoms with Crippen LogP contribution in [-0.2, 0) is 0 Å². The predicted octanol–water partition coefficient (Wildman–Crippen LogP) is 3.48. The Kier molecular flexibility index (Phi) is 2.64. The van der Waals surface area contributed by atoms with E-state index in [0.29, 0.717) is 0 Å². The minimum Gasteiger partial charge on any atom is -0.354 e. The van der Waals surface area contributed by atoms with Gasteiger partial charge in [0.1, 0.15) is 0 Å². The molecule has 3 nitrogen and oxygen atoms in total. The van der Waals surface area contributed by atoms with E-state index in [1.807, 2.05) is 24.4 Å². The third-order valence-electron chi connectivity index (χ3n) is 4.90. The van der Waals surface area contributed by atoms with Gasteiger partial charge in [-0.1, -0.05) is 24.6 Å². The summed E-state index contributed by atoms with van der Waals surface area (Å²) in [5, 5.41) is 4.55. The first kappa shape index (κ1) is 11.2. The smallest absolute Gasteiger partial charge is 0.223 e. The maximum Gasteiger partial charge on any atom is 0.223 e. The van der Waals surface area contributed by atoms with Gasteiger partial charge in [-0.25, -0.2) is 9.97 Å². The molecule has 0 amide bonds. The highest BCUT2D eigenvalue weighted by Crippen LogP contribution is 2.48. The first-order chi connectivity index (χ1) is 9.38. The Bertz CT molecular complexity index is 595. The van der Waals surface area contributed by atoms with Crippen molar-refractivity contribution < 1.29 is 0 Å². The van der Waals surface area contributed by atoms with Gasteiger partial charge in [-0.15, -0.1) is 0 Å². The molecular weight excluding hydrogens is 234 g/mol. The number of rotatable bonds is 3. The van der Waals surface area contributed by atoms with Crippen LogP contribution in [0.15, 0.2) is 30.5 Å². The Balaban J connectivity index is 1.46. The minimum atomic E-state index is 0.779. The van der Waals surface area contributed by atoms with Crippen LogP contribution in [0.4, 0.5) is 5.95 Å². The molecule has 0 saturated heterocycles. The normalized spacial score (nSPS) is 28.9. The molecule has 0 radical (unpaired) electrons. The summed E-state index contributed by atoms with van der Waals surface area (Å²) in [6.45, 7) is 1.04. The summed E-state index contributed by atoms with van der Waals surface area (Å²) in [7, 11) is 0. The Labute approximate surface area is 113 Å². The van der Waals surface area contributed by atoms with E-state index < -0.39 is 0 Å². The molecule has 3 heteroatoms. The van der Waals surface area contributed by atoms with E-state index in [2.05, 4.69) is 21.4 Å². The lowest BCUT2D eigenvalue weighted by Gasteiger charge is -2.21. The molecule has 98 valence electrons. The standard InChI is InChI=1S/C16H19N3/c1-2-4-15-13(3-1)9-17-16(19-15)18-10-14-8-11-5-6-12(14)7-11/h1-4,9,11-12,14H,5-8,10H2,(H,17,18,19). The van der Waals surface area contributed by atoms with Gasteiger partial charge in [0.05, 0.1) is 5.52 Å². The van der Waals surface area contributed by atoms with Crippen molar-refractivity contribution in [2.75, 3.05) is 11.9 Å². The Morgan fingerprint density at radius 1 is 1.16 bits per heavy atom. The second-order valence-corrected chi connectivity index (χ2v) is 6.07. The number of fused-ring (bicyclic) bond motifs is 3. The van der Waals surface area contributed by atoms with Gasteiger partial charge in [0.25, 0.3) is 0 Å². The third-order valence-corrected chi connectivity index (χ3v) is 4.90.